The van der Waals surface area contributed by atoms with Crippen molar-refractivity contribution < 1.29 is 4.43 Å². The summed E-state index contributed by atoms with van der Waals surface area (Å²) in [5, 5.41) is 0.538. The Bertz CT molecular complexity index is 795. The number of rotatable bonds is 4. The molecule has 0 amide bonds. The normalized spacial score (nSPS) is 15.8. The minimum atomic E-state index is -1.96. The van der Waals surface area contributed by atoms with Crippen LogP contribution < -0.4 is 10.0 Å². The summed E-state index contributed by atoms with van der Waals surface area (Å²) in [5.74, 6) is 1.02. The second kappa shape index (κ2) is 7.55. The molecular formula is C22H49N3OSi3. The number of aryl methyl sites for hydroxylation is 1. The lowest BCUT2D eigenvalue weighted by atomic mass is 10.2. The van der Waals surface area contributed by atoms with Gasteiger partial charge in [-0.1, -0.05) is 75.4 Å². The number of nitrogens with zero attached hydrogens (tertiary/aromatic N) is 3. The van der Waals surface area contributed by atoms with Gasteiger partial charge in [0.2, 0.25) is 0 Å². The van der Waals surface area contributed by atoms with E-state index in [1.54, 1.807) is 0 Å². The molecule has 0 aromatic carbocycles. The molecule has 7 heteroatoms. The van der Waals surface area contributed by atoms with Crippen LogP contribution in [0.2, 0.25) is 54.4 Å². The fourth-order valence-corrected chi connectivity index (χ4v) is 6.72. The van der Waals surface area contributed by atoms with E-state index in [-0.39, 0.29) is 15.1 Å². The molecule has 0 unspecified atom stereocenters. The van der Waals surface area contributed by atoms with Crippen LogP contribution in [-0.2, 0) is 7.05 Å². The Morgan fingerprint density at radius 1 is 0.759 bits per heavy atom. The SMILES string of the molecule is Cn1cc(O[Si](C)(C)C(C)(C)C)n([Si](C)(C)C(C)(C)C)/c1=N/[Si](C)(C)C(C)(C)C. The van der Waals surface area contributed by atoms with Crippen molar-refractivity contribution in [3.63, 3.8) is 0 Å². The summed E-state index contributed by atoms with van der Waals surface area (Å²) in [6.07, 6.45) is 2.19. The van der Waals surface area contributed by atoms with Crippen molar-refractivity contribution >= 4 is 24.8 Å². The van der Waals surface area contributed by atoms with Crippen LogP contribution in [0.5, 0.6) is 5.88 Å². The van der Waals surface area contributed by atoms with Crippen molar-refractivity contribution in [2.75, 3.05) is 0 Å². The Hall–Kier alpha value is -0.539. The second-order valence-electron chi connectivity index (χ2n) is 13.3. The van der Waals surface area contributed by atoms with Gasteiger partial charge in [0, 0.05) is 7.05 Å². The molecule has 170 valence electrons. The zero-order valence-electron chi connectivity index (χ0n) is 22.3. The quantitative estimate of drug-likeness (QED) is 0.451. The van der Waals surface area contributed by atoms with Gasteiger partial charge in [-0.3, -0.25) is 4.66 Å². The maximum absolute atomic E-state index is 6.91. The van der Waals surface area contributed by atoms with Crippen molar-refractivity contribution in [2.45, 2.75) is 117 Å². The molecule has 4 nitrogen and oxygen atoms in total. The fraction of sp³-hybridized carbons (Fsp3) is 0.864. The average molecular weight is 456 g/mol. The van der Waals surface area contributed by atoms with Gasteiger partial charge in [-0.25, -0.2) is 0 Å². The van der Waals surface area contributed by atoms with Crippen LogP contribution in [0.3, 0.4) is 0 Å². The zero-order chi connectivity index (χ0) is 23.4. The van der Waals surface area contributed by atoms with Crippen LogP contribution in [-0.4, -0.2) is 33.6 Å². The molecule has 0 bridgehead atoms. The first kappa shape index (κ1) is 26.5. The Morgan fingerprint density at radius 2 is 1.21 bits per heavy atom. The van der Waals surface area contributed by atoms with Gasteiger partial charge in [-0.15, -0.1) is 0 Å². The van der Waals surface area contributed by atoms with E-state index >= 15 is 0 Å². The summed E-state index contributed by atoms with van der Waals surface area (Å²) >= 11 is 0. The summed E-state index contributed by atoms with van der Waals surface area (Å²) in [6, 6.07) is 0. The summed E-state index contributed by atoms with van der Waals surface area (Å²) in [6.45, 7) is 35.3. The molecule has 1 rings (SSSR count). The highest BCUT2D eigenvalue weighted by Crippen LogP contribution is 2.42. The van der Waals surface area contributed by atoms with E-state index in [4.69, 9.17) is 9.08 Å². The molecule has 0 spiro atoms. The summed E-state index contributed by atoms with van der Waals surface area (Å²) in [7, 11) is -3.64. The molecule has 0 radical (unpaired) electrons. The van der Waals surface area contributed by atoms with Crippen molar-refractivity contribution in [2.24, 2.45) is 11.7 Å². The summed E-state index contributed by atoms with van der Waals surface area (Å²) < 4.78 is 17.1. The lowest BCUT2D eigenvalue weighted by Gasteiger charge is -2.41. The van der Waals surface area contributed by atoms with E-state index in [1.165, 1.54) is 0 Å². The first-order valence-electron chi connectivity index (χ1n) is 11.0. The van der Waals surface area contributed by atoms with Crippen LogP contribution in [0.1, 0.15) is 62.3 Å². The minimum absolute atomic E-state index is 0.158. The fourth-order valence-electron chi connectivity index (χ4n) is 2.43. The van der Waals surface area contributed by atoms with Crippen LogP contribution in [0.25, 0.3) is 0 Å². The van der Waals surface area contributed by atoms with Crippen LogP contribution in [0, 0.1) is 0 Å². The van der Waals surface area contributed by atoms with E-state index in [9.17, 15) is 0 Å². The molecule has 0 N–H and O–H groups in total. The average Bonchev–Trinajstić information content (AvgIpc) is 2.69. The van der Waals surface area contributed by atoms with Crippen LogP contribution in [0.4, 0.5) is 0 Å². The van der Waals surface area contributed by atoms with Crippen molar-refractivity contribution in [3.05, 3.63) is 11.8 Å². The highest BCUT2D eigenvalue weighted by molar-refractivity contribution is 6.80. The van der Waals surface area contributed by atoms with Gasteiger partial charge >= 0.3 is 0 Å². The molecule has 0 saturated heterocycles. The van der Waals surface area contributed by atoms with Gasteiger partial charge in [0.05, 0.1) is 6.20 Å². The van der Waals surface area contributed by atoms with E-state index in [2.05, 4.69) is 124 Å². The third-order valence-electron chi connectivity index (χ3n) is 7.82. The molecule has 0 fully saturated rings. The predicted octanol–water partition coefficient (Wildman–Crippen LogP) is 6.97. The first-order valence-corrected chi connectivity index (χ1v) is 19.8. The van der Waals surface area contributed by atoms with E-state index in [1.807, 2.05) is 0 Å². The second-order valence-corrected chi connectivity index (χ2v) is 27.9. The Balaban J connectivity index is 3.94. The van der Waals surface area contributed by atoms with E-state index in [0.717, 1.165) is 11.5 Å². The smallest absolute Gasteiger partial charge is 0.252 e. The van der Waals surface area contributed by atoms with Gasteiger partial charge in [-0.05, 0) is 41.3 Å². The van der Waals surface area contributed by atoms with Gasteiger partial charge in [0.1, 0.15) is 0 Å². The van der Waals surface area contributed by atoms with Crippen molar-refractivity contribution in [1.82, 2.24) is 8.80 Å². The highest BCUT2D eigenvalue weighted by atomic mass is 28.4. The lowest BCUT2D eigenvalue weighted by Crippen LogP contribution is -2.54. The standard InChI is InChI=1S/C22H49N3OSi3/c1-20(2,3)27(11,12)23-19-24(10)17-18(26-29(15,16)22(7,8)9)25(19)28(13,14)21(4,5)6/h17H,1-16H3/b23-19+. The lowest BCUT2D eigenvalue weighted by molar-refractivity contribution is 0.467. The summed E-state index contributed by atoms with van der Waals surface area (Å²) in [5.41, 5.74) is 1.09. The third kappa shape index (κ3) is 5.21. The Kier molecular flexibility index (Phi) is 6.90. The molecule has 0 saturated carbocycles. The van der Waals surface area contributed by atoms with Crippen LogP contribution >= 0.6 is 0 Å². The van der Waals surface area contributed by atoms with Crippen molar-refractivity contribution in [3.8, 4) is 5.88 Å². The molecule has 0 atom stereocenters. The largest absolute Gasteiger partial charge is 0.531 e. The predicted molar refractivity (Wildman–Crippen MR) is 137 cm³/mol. The van der Waals surface area contributed by atoms with Gasteiger partial charge < -0.3 is 13.2 Å². The number of imidazole rings is 1. The molecule has 1 aromatic rings. The van der Waals surface area contributed by atoms with E-state index in [0.29, 0.717) is 0 Å². The highest BCUT2D eigenvalue weighted by Gasteiger charge is 2.45. The number of hydrogen-bond acceptors (Lipinski definition) is 2. The molecular weight excluding hydrogens is 407 g/mol. The molecule has 1 aromatic heterocycles. The molecule has 29 heavy (non-hydrogen) atoms. The summed E-state index contributed by atoms with van der Waals surface area (Å²) in [4.78, 5) is 0. The third-order valence-corrected chi connectivity index (χ3v) is 21.8. The zero-order valence-corrected chi connectivity index (χ0v) is 25.3. The molecule has 0 aliphatic rings. The van der Waals surface area contributed by atoms with Gasteiger partial charge in [0.15, 0.2) is 28.0 Å². The molecule has 0 aliphatic heterocycles. The molecule has 0 aliphatic carbocycles. The maximum atomic E-state index is 6.91. The number of aromatic nitrogens is 2. The monoisotopic (exact) mass is 455 g/mol. The Labute approximate surface area is 184 Å². The van der Waals surface area contributed by atoms with Gasteiger partial charge in [0.25, 0.3) is 8.32 Å². The van der Waals surface area contributed by atoms with Crippen LogP contribution in [0.15, 0.2) is 10.9 Å². The van der Waals surface area contributed by atoms with Gasteiger partial charge in [-0.2, -0.15) is 0 Å². The van der Waals surface area contributed by atoms with Crippen molar-refractivity contribution in [1.29, 1.82) is 0 Å². The topological polar surface area (TPSA) is 31.4 Å². The van der Waals surface area contributed by atoms with E-state index < -0.39 is 24.8 Å². The maximum Gasteiger partial charge on any atom is 0.252 e. The Morgan fingerprint density at radius 3 is 1.55 bits per heavy atom. The number of hydrogen-bond donors (Lipinski definition) is 0. The molecule has 1 heterocycles. The minimum Gasteiger partial charge on any atom is -0.531 e. The first-order chi connectivity index (χ1) is 12.5.